The second kappa shape index (κ2) is 10.9. The SMILES string of the molecule is C#CC(CC)(CC)NC(=O)COC(=O)c1cccnc1Nc1ccc(OCC)cc1. The van der Waals surface area contributed by atoms with Crippen LogP contribution in [0.5, 0.6) is 5.75 Å². The fourth-order valence-corrected chi connectivity index (χ4v) is 2.79. The van der Waals surface area contributed by atoms with E-state index in [4.69, 9.17) is 15.9 Å². The molecular formula is C23H27N3O4. The molecule has 158 valence electrons. The van der Waals surface area contributed by atoms with Gasteiger partial charge in [-0.3, -0.25) is 4.79 Å². The van der Waals surface area contributed by atoms with Gasteiger partial charge >= 0.3 is 5.97 Å². The first-order chi connectivity index (χ1) is 14.5. The van der Waals surface area contributed by atoms with Gasteiger partial charge in [-0.25, -0.2) is 9.78 Å². The molecule has 0 saturated carbocycles. The van der Waals surface area contributed by atoms with Crippen LogP contribution in [0.15, 0.2) is 42.6 Å². The molecular weight excluding hydrogens is 382 g/mol. The monoisotopic (exact) mass is 409 g/mol. The summed E-state index contributed by atoms with van der Waals surface area (Å²) in [6.07, 6.45) is 8.27. The second-order valence-corrected chi connectivity index (χ2v) is 6.54. The Labute approximate surface area is 177 Å². The topological polar surface area (TPSA) is 89.5 Å². The molecule has 2 rings (SSSR count). The molecule has 1 amide bonds. The van der Waals surface area contributed by atoms with Crippen LogP contribution in [0.2, 0.25) is 0 Å². The van der Waals surface area contributed by atoms with Gasteiger partial charge in [-0.1, -0.05) is 19.8 Å². The number of aromatic nitrogens is 1. The van der Waals surface area contributed by atoms with Crippen LogP contribution < -0.4 is 15.4 Å². The molecule has 2 aromatic rings. The lowest BCUT2D eigenvalue weighted by atomic mass is 9.94. The summed E-state index contributed by atoms with van der Waals surface area (Å²) < 4.78 is 10.6. The van der Waals surface area contributed by atoms with E-state index in [2.05, 4.69) is 21.5 Å². The molecule has 2 N–H and O–H groups in total. The number of benzene rings is 1. The van der Waals surface area contributed by atoms with E-state index in [1.807, 2.05) is 45.0 Å². The second-order valence-electron chi connectivity index (χ2n) is 6.54. The van der Waals surface area contributed by atoms with Crippen LogP contribution >= 0.6 is 0 Å². The zero-order valence-corrected chi connectivity index (χ0v) is 17.5. The summed E-state index contributed by atoms with van der Waals surface area (Å²) in [4.78, 5) is 28.9. The molecule has 30 heavy (non-hydrogen) atoms. The summed E-state index contributed by atoms with van der Waals surface area (Å²) in [6.45, 7) is 5.85. The Balaban J connectivity index is 2.03. The Kier molecular flexibility index (Phi) is 8.24. The Hall–Kier alpha value is -3.53. The van der Waals surface area contributed by atoms with Crippen molar-refractivity contribution in [1.82, 2.24) is 10.3 Å². The summed E-state index contributed by atoms with van der Waals surface area (Å²) in [5.74, 6) is 2.57. The van der Waals surface area contributed by atoms with Crippen LogP contribution in [0.4, 0.5) is 11.5 Å². The van der Waals surface area contributed by atoms with Gasteiger partial charge in [0.05, 0.1) is 6.61 Å². The summed E-state index contributed by atoms with van der Waals surface area (Å²) in [6, 6.07) is 10.5. The molecule has 0 bridgehead atoms. The first-order valence-corrected chi connectivity index (χ1v) is 9.87. The number of nitrogens with one attached hydrogen (secondary N) is 2. The van der Waals surface area contributed by atoms with Crippen molar-refractivity contribution in [2.75, 3.05) is 18.5 Å². The average molecular weight is 409 g/mol. The highest BCUT2D eigenvalue weighted by atomic mass is 16.5. The number of hydrogen-bond donors (Lipinski definition) is 2. The maximum atomic E-state index is 12.5. The van der Waals surface area contributed by atoms with E-state index < -0.39 is 24.0 Å². The number of esters is 1. The van der Waals surface area contributed by atoms with Crippen molar-refractivity contribution in [3.8, 4) is 18.1 Å². The van der Waals surface area contributed by atoms with Crippen LogP contribution in [0.25, 0.3) is 0 Å². The number of rotatable bonds is 10. The maximum absolute atomic E-state index is 12.5. The van der Waals surface area contributed by atoms with Crippen LogP contribution in [0.3, 0.4) is 0 Å². The summed E-state index contributed by atoms with van der Waals surface area (Å²) in [5, 5.41) is 5.84. The molecule has 0 unspecified atom stereocenters. The molecule has 0 atom stereocenters. The lowest BCUT2D eigenvalue weighted by molar-refractivity contribution is -0.125. The Morgan fingerprint density at radius 3 is 2.43 bits per heavy atom. The van der Waals surface area contributed by atoms with E-state index in [-0.39, 0.29) is 5.56 Å². The lowest BCUT2D eigenvalue weighted by Gasteiger charge is -2.26. The van der Waals surface area contributed by atoms with Gasteiger partial charge in [0.2, 0.25) is 0 Å². The van der Waals surface area contributed by atoms with Crippen LogP contribution in [-0.2, 0) is 9.53 Å². The minimum absolute atomic E-state index is 0.216. The maximum Gasteiger partial charge on any atom is 0.342 e. The highest BCUT2D eigenvalue weighted by molar-refractivity contribution is 5.96. The molecule has 0 aliphatic rings. The number of carbonyl (C=O) groups is 2. The number of nitrogens with zero attached hydrogens (tertiary/aromatic N) is 1. The zero-order chi connectivity index (χ0) is 22.0. The quantitative estimate of drug-likeness (QED) is 0.460. The van der Waals surface area contributed by atoms with Gasteiger partial charge in [0.15, 0.2) is 6.61 Å². The van der Waals surface area contributed by atoms with Gasteiger partial charge in [-0.15, -0.1) is 6.42 Å². The number of ether oxygens (including phenoxy) is 2. The largest absolute Gasteiger partial charge is 0.494 e. The molecule has 0 aliphatic carbocycles. The molecule has 1 aromatic carbocycles. The predicted molar refractivity (Wildman–Crippen MR) is 116 cm³/mol. The van der Waals surface area contributed by atoms with E-state index >= 15 is 0 Å². The minimum Gasteiger partial charge on any atom is -0.494 e. The number of anilines is 2. The molecule has 0 spiro atoms. The number of amides is 1. The highest BCUT2D eigenvalue weighted by Crippen LogP contribution is 2.22. The van der Waals surface area contributed by atoms with Crippen molar-refractivity contribution < 1.29 is 19.1 Å². The van der Waals surface area contributed by atoms with Crippen molar-refractivity contribution in [2.45, 2.75) is 39.2 Å². The molecule has 1 aromatic heterocycles. The molecule has 1 heterocycles. The van der Waals surface area contributed by atoms with Crippen LogP contribution in [0, 0.1) is 12.3 Å². The number of pyridine rings is 1. The van der Waals surface area contributed by atoms with Crippen LogP contribution in [-0.4, -0.2) is 35.6 Å². The Morgan fingerprint density at radius 2 is 1.83 bits per heavy atom. The van der Waals surface area contributed by atoms with Gasteiger partial charge in [0, 0.05) is 11.9 Å². The van der Waals surface area contributed by atoms with Crippen LogP contribution in [0.1, 0.15) is 44.0 Å². The van der Waals surface area contributed by atoms with E-state index in [1.54, 1.807) is 18.3 Å². The van der Waals surface area contributed by atoms with E-state index in [1.165, 1.54) is 0 Å². The van der Waals surface area contributed by atoms with Crippen molar-refractivity contribution in [3.63, 3.8) is 0 Å². The fourth-order valence-electron chi connectivity index (χ4n) is 2.79. The van der Waals surface area contributed by atoms with Crippen molar-refractivity contribution in [3.05, 3.63) is 48.2 Å². The Bertz CT molecular complexity index is 899. The zero-order valence-electron chi connectivity index (χ0n) is 17.5. The Morgan fingerprint density at radius 1 is 1.13 bits per heavy atom. The van der Waals surface area contributed by atoms with Crippen molar-refractivity contribution in [2.24, 2.45) is 0 Å². The number of hydrogen-bond acceptors (Lipinski definition) is 6. The number of terminal acetylenes is 1. The standard InChI is InChI=1S/C23H27N3O4/c1-5-23(6-2,7-3)26-20(27)16-30-22(28)19-10-9-15-24-21(19)25-17-11-13-18(14-12-17)29-8-4/h1,9-15H,6-8,16H2,2-4H3,(H,24,25)(H,26,27). The van der Waals surface area contributed by atoms with Gasteiger partial charge in [0.1, 0.15) is 22.7 Å². The molecule has 0 radical (unpaired) electrons. The number of carbonyl (C=O) groups excluding carboxylic acids is 2. The average Bonchev–Trinajstić information content (AvgIpc) is 2.78. The summed E-state index contributed by atoms with van der Waals surface area (Å²) in [7, 11) is 0. The van der Waals surface area contributed by atoms with E-state index in [0.29, 0.717) is 25.3 Å². The molecule has 7 heteroatoms. The first kappa shape index (κ1) is 22.8. The summed E-state index contributed by atoms with van der Waals surface area (Å²) >= 11 is 0. The fraction of sp³-hybridized carbons (Fsp3) is 0.348. The summed E-state index contributed by atoms with van der Waals surface area (Å²) in [5.41, 5.74) is 0.208. The van der Waals surface area contributed by atoms with E-state index in [0.717, 1.165) is 11.4 Å². The van der Waals surface area contributed by atoms with Gasteiger partial charge in [0.25, 0.3) is 5.91 Å². The van der Waals surface area contributed by atoms with Gasteiger partial charge in [-0.2, -0.15) is 0 Å². The third-order valence-electron chi connectivity index (χ3n) is 4.65. The lowest BCUT2D eigenvalue weighted by Crippen LogP contribution is -2.48. The van der Waals surface area contributed by atoms with Crippen molar-refractivity contribution in [1.29, 1.82) is 0 Å². The predicted octanol–water partition coefficient (Wildman–Crippen LogP) is 3.69. The van der Waals surface area contributed by atoms with Gasteiger partial charge < -0.3 is 20.1 Å². The molecule has 0 saturated heterocycles. The van der Waals surface area contributed by atoms with E-state index in [9.17, 15) is 9.59 Å². The molecule has 0 aliphatic heterocycles. The smallest absolute Gasteiger partial charge is 0.342 e. The first-order valence-electron chi connectivity index (χ1n) is 9.87. The minimum atomic E-state index is -0.738. The van der Waals surface area contributed by atoms with Crippen molar-refractivity contribution >= 4 is 23.4 Å². The highest BCUT2D eigenvalue weighted by Gasteiger charge is 2.26. The third-order valence-corrected chi connectivity index (χ3v) is 4.65. The normalized spacial score (nSPS) is 10.6. The molecule has 7 nitrogen and oxygen atoms in total. The molecule has 0 fully saturated rings. The third kappa shape index (κ3) is 5.98. The van der Waals surface area contributed by atoms with Gasteiger partial charge in [-0.05, 0) is 56.2 Å².